The SMILES string of the molecule is CCn1c(SCC(=O)Nc2ccc(Cl)c(Cl)c2)nnc1-c1ccc(C(C)(C)C)cc1. The molecule has 2 aromatic carbocycles. The van der Waals surface area contributed by atoms with Crippen LogP contribution in [0.2, 0.25) is 10.0 Å². The summed E-state index contributed by atoms with van der Waals surface area (Å²) in [6.07, 6.45) is 0. The molecule has 0 aliphatic rings. The molecule has 30 heavy (non-hydrogen) atoms. The van der Waals surface area contributed by atoms with Crippen molar-refractivity contribution in [2.45, 2.75) is 44.8 Å². The molecule has 1 N–H and O–H groups in total. The van der Waals surface area contributed by atoms with Crippen molar-refractivity contribution in [1.82, 2.24) is 14.8 Å². The van der Waals surface area contributed by atoms with Crippen molar-refractivity contribution < 1.29 is 4.79 Å². The standard InChI is InChI=1S/C22H24Cl2N4OS/c1-5-28-20(14-6-8-15(9-7-14)22(2,3)4)26-27-21(28)30-13-19(29)25-16-10-11-17(23)18(24)12-16/h6-12H,5,13H2,1-4H3,(H,25,29). The van der Waals surface area contributed by atoms with Crippen LogP contribution in [0.1, 0.15) is 33.3 Å². The van der Waals surface area contributed by atoms with Crippen molar-refractivity contribution in [1.29, 1.82) is 0 Å². The number of carbonyl (C=O) groups excluding carboxylic acids is 1. The van der Waals surface area contributed by atoms with E-state index in [-0.39, 0.29) is 17.1 Å². The second kappa shape index (κ2) is 9.41. The molecule has 158 valence electrons. The molecule has 0 saturated carbocycles. The smallest absolute Gasteiger partial charge is 0.234 e. The molecule has 5 nitrogen and oxygen atoms in total. The van der Waals surface area contributed by atoms with Gasteiger partial charge in [0, 0.05) is 17.8 Å². The number of nitrogens with zero attached hydrogens (tertiary/aromatic N) is 3. The van der Waals surface area contributed by atoms with Gasteiger partial charge in [-0.05, 0) is 36.1 Å². The summed E-state index contributed by atoms with van der Waals surface area (Å²) in [5, 5.41) is 13.0. The van der Waals surface area contributed by atoms with E-state index in [4.69, 9.17) is 23.2 Å². The Kier molecular flexibility index (Phi) is 7.11. The first-order chi connectivity index (χ1) is 14.2. The number of carbonyl (C=O) groups is 1. The number of halogens is 2. The van der Waals surface area contributed by atoms with Crippen molar-refractivity contribution in [2.75, 3.05) is 11.1 Å². The van der Waals surface area contributed by atoms with Gasteiger partial charge in [-0.15, -0.1) is 10.2 Å². The molecule has 1 aromatic heterocycles. The summed E-state index contributed by atoms with van der Waals surface area (Å²) in [6, 6.07) is 13.4. The van der Waals surface area contributed by atoms with Gasteiger partial charge in [0.25, 0.3) is 0 Å². The van der Waals surface area contributed by atoms with E-state index in [1.165, 1.54) is 17.3 Å². The second-order valence-electron chi connectivity index (χ2n) is 7.84. The zero-order chi connectivity index (χ0) is 21.9. The summed E-state index contributed by atoms with van der Waals surface area (Å²) in [4.78, 5) is 12.3. The number of benzene rings is 2. The second-order valence-corrected chi connectivity index (χ2v) is 9.60. The van der Waals surface area contributed by atoms with Crippen LogP contribution in [0.15, 0.2) is 47.6 Å². The summed E-state index contributed by atoms with van der Waals surface area (Å²) < 4.78 is 2.02. The third-order valence-corrected chi connectivity index (χ3v) is 6.28. The molecule has 3 rings (SSSR count). The van der Waals surface area contributed by atoms with Gasteiger partial charge in [0.15, 0.2) is 11.0 Å². The van der Waals surface area contributed by atoms with Crippen LogP contribution in [-0.2, 0) is 16.8 Å². The molecule has 0 bridgehead atoms. The fourth-order valence-corrected chi connectivity index (χ4v) is 4.01. The Morgan fingerprint density at radius 3 is 2.37 bits per heavy atom. The summed E-state index contributed by atoms with van der Waals surface area (Å²) in [5.41, 5.74) is 2.97. The highest BCUT2D eigenvalue weighted by Gasteiger charge is 2.17. The molecular weight excluding hydrogens is 439 g/mol. The van der Waals surface area contributed by atoms with E-state index in [9.17, 15) is 4.79 Å². The van der Waals surface area contributed by atoms with Gasteiger partial charge in [-0.3, -0.25) is 4.79 Å². The van der Waals surface area contributed by atoms with Gasteiger partial charge in [-0.2, -0.15) is 0 Å². The minimum Gasteiger partial charge on any atom is -0.325 e. The lowest BCUT2D eigenvalue weighted by atomic mass is 9.87. The van der Waals surface area contributed by atoms with Gasteiger partial charge in [-0.25, -0.2) is 0 Å². The normalized spacial score (nSPS) is 11.5. The first-order valence-electron chi connectivity index (χ1n) is 9.61. The van der Waals surface area contributed by atoms with Gasteiger partial charge in [0.05, 0.1) is 15.8 Å². The van der Waals surface area contributed by atoms with E-state index in [2.05, 4.69) is 60.6 Å². The number of hydrogen-bond acceptors (Lipinski definition) is 4. The summed E-state index contributed by atoms with van der Waals surface area (Å²) in [7, 11) is 0. The maximum absolute atomic E-state index is 12.3. The van der Waals surface area contributed by atoms with Crippen LogP contribution in [-0.4, -0.2) is 26.4 Å². The Labute approximate surface area is 191 Å². The molecule has 0 aliphatic carbocycles. The Bertz CT molecular complexity index is 1040. The Morgan fingerprint density at radius 2 is 1.77 bits per heavy atom. The minimum absolute atomic E-state index is 0.0969. The predicted octanol–water partition coefficient (Wildman–Crippen LogP) is 6.30. The van der Waals surface area contributed by atoms with Crippen molar-refractivity contribution in [2.24, 2.45) is 0 Å². The highest BCUT2D eigenvalue weighted by atomic mass is 35.5. The summed E-state index contributed by atoms with van der Waals surface area (Å²) >= 11 is 13.3. The number of rotatable bonds is 6. The Balaban J connectivity index is 1.69. The lowest BCUT2D eigenvalue weighted by Gasteiger charge is -2.19. The van der Waals surface area contributed by atoms with Crippen LogP contribution < -0.4 is 5.32 Å². The van der Waals surface area contributed by atoms with Crippen molar-refractivity contribution >= 4 is 46.6 Å². The van der Waals surface area contributed by atoms with Gasteiger partial charge in [0.1, 0.15) is 0 Å². The molecule has 0 radical (unpaired) electrons. The van der Waals surface area contributed by atoms with E-state index < -0.39 is 0 Å². The molecule has 0 fully saturated rings. The Hall–Kier alpha value is -2.02. The Morgan fingerprint density at radius 1 is 1.07 bits per heavy atom. The van der Waals surface area contributed by atoms with Crippen molar-refractivity contribution in [3.8, 4) is 11.4 Å². The maximum atomic E-state index is 12.3. The summed E-state index contributed by atoms with van der Waals surface area (Å²) in [6.45, 7) is 9.31. The van der Waals surface area contributed by atoms with Crippen LogP contribution in [0, 0.1) is 0 Å². The van der Waals surface area contributed by atoms with E-state index in [1.807, 2.05) is 11.5 Å². The fourth-order valence-electron chi connectivity index (χ4n) is 2.91. The number of aromatic nitrogens is 3. The lowest BCUT2D eigenvalue weighted by molar-refractivity contribution is -0.113. The van der Waals surface area contributed by atoms with Crippen LogP contribution in [0.4, 0.5) is 5.69 Å². The topological polar surface area (TPSA) is 59.8 Å². The maximum Gasteiger partial charge on any atom is 0.234 e. The van der Waals surface area contributed by atoms with E-state index >= 15 is 0 Å². The molecule has 0 saturated heterocycles. The zero-order valence-electron chi connectivity index (χ0n) is 17.4. The number of amides is 1. The van der Waals surface area contributed by atoms with Crippen molar-refractivity contribution in [3.63, 3.8) is 0 Å². The first kappa shape index (κ1) is 22.7. The van der Waals surface area contributed by atoms with Gasteiger partial charge < -0.3 is 9.88 Å². The average Bonchev–Trinajstić information content (AvgIpc) is 3.11. The molecule has 0 atom stereocenters. The predicted molar refractivity (Wildman–Crippen MR) is 126 cm³/mol. The van der Waals surface area contributed by atoms with E-state index in [1.54, 1.807) is 18.2 Å². The number of anilines is 1. The minimum atomic E-state index is -0.153. The summed E-state index contributed by atoms with van der Waals surface area (Å²) in [5.74, 6) is 0.854. The number of thioether (sulfide) groups is 1. The van der Waals surface area contributed by atoms with Crippen LogP contribution >= 0.6 is 35.0 Å². The van der Waals surface area contributed by atoms with Crippen LogP contribution in [0.5, 0.6) is 0 Å². The first-order valence-corrected chi connectivity index (χ1v) is 11.3. The zero-order valence-corrected chi connectivity index (χ0v) is 19.7. The van der Waals surface area contributed by atoms with Gasteiger partial charge in [-0.1, -0.05) is 80.0 Å². The molecule has 0 spiro atoms. The molecule has 0 unspecified atom stereocenters. The van der Waals surface area contributed by atoms with Gasteiger partial charge in [0.2, 0.25) is 5.91 Å². The molecule has 8 heteroatoms. The van der Waals surface area contributed by atoms with Crippen molar-refractivity contribution in [3.05, 3.63) is 58.1 Å². The third-order valence-electron chi connectivity index (χ3n) is 4.58. The molecule has 1 heterocycles. The average molecular weight is 463 g/mol. The van der Waals surface area contributed by atoms with Gasteiger partial charge >= 0.3 is 0 Å². The fraction of sp³-hybridized carbons (Fsp3) is 0.318. The van der Waals surface area contributed by atoms with E-state index in [0.717, 1.165) is 11.4 Å². The highest BCUT2D eigenvalue weighted by molar-refractivity contribution is 7.99. The number of nitrogens with one attached hydrogen (secondary N) is 1. The molecular formula is C22H24Cl2N4OS. The third kappa shape index (κ3) is 5.36. The molecule has 3 aromatic rings. The quantitative estimate of drug-likeness (QED) is 0.436. The van der Waals surface area contributed by atoms with Crippen LogP contribution in [0.25, 0.3) is 11.4 Å². The van der Waals surface area contributed by atoms with Crippen LogP contribution in [0.3, 0.4) is 0 Å². The van der Waals surface area contributed by atoms with E-state index in [0.29, 0.717) is 27.4 Å². The highest BCUT2D eigenvalue weighted by Crippen LogP contribution is 2.28. The monoisotopic (exact) mass is 462 g/mol. The largest absolute Gasteiger partial charge is 0.325 e. The molecule has 0 aliphatic heterocycles. The number of hydrogen-bond donors (Lipinski definition) is 1. The molecule has 1 amide bonds. The lowest BCUT2D eigenvalue weighted by Crippen LogP contribution is -2.14.